The predicted molar refractivity (Wildman–Crippen MR) is 59.9 cm³/mol. The van der Waals surface area contributed by atoms with Crippen LogP contribution in [0, 0.1) is 0 Å². The largest absolute Gasteiger partial charge is 0.318 e. The van der Waals surface area contributed by atoms with E-state index in [9.17, 15) is 14.4 Å². The normalized spacial score (nSPS) is 24.2. The SMILES string of the molecule is CC(C(=O)N1CC(=O)NC(=O)C1C)=C1CNC1. The van der Waals surface area contributed by atoms with Crippen molar-refractivity contribution in [3.8, 4) is 0 Å². The van der Waals surface area contributed by atoms with Crippen molar-refractivity contribution in [2.24, 2.45) is 0 Å². The predicted octanol–water partition coefficient (Wildman–Crippen LogP) is -1.22. The molecular weight excluding hydrogens is 222 g/mol. The summed E-state index contributed by atoms with van der Waals surface area (Å²) in [6.45, 7) is 4.72. The molecule has 2 saturated heterocycles. The molecule has 0 aromatic rings. The first-order chi connectivity index (χ1) is 8.00. The van der Waals surface area contributed by atoms with Crippen molar-refractivity contribution in [2.75, 3.05) is 19.6 Å². The van der Waals surface area contributed by atoms with Crippen molar-refractivity contribution >= 4 is 17.7 Å². The molecule has 1 unspecified atom stereocenters. The van der Waals surface area contributed by atoms with Gasteiger partial charge in [-0.3, -0.25) is 19.7 Å². The average Bonchev–Trinajstić information content (AvgIpc) is 2.19. The van der Waals surface area contributed by atoms with Crippen molar-refractivity contribution in [2.45, 2.75) is 19.9 Å². The molecule has 2 rings (SSSR count). The first kappa shape index (κ1) is 11.8. The van der Waals surface area contributed by atoms with Crippen molar-refractivity contribution < 1.29 is 14.4 Å². The van der Waals surface area contributed by atoms with Gasteiger partial charge in [-0.25, -0.2) is 0 Å². The molecule has 0 aliphatic carbocycles. The average molecular weight is 237 g/mol. The smallest absolute Gasteiger partial charge is 0.250 e. The van der Waals surface area contributed by atoms with Crippen LogP contribution in [-0.2, 0) is 14.4 Å². The van der Waals surface area contributed by atoms with Gasteiger partial charge >= 0.3 is 0 Å². The minimum Gasteiger partial charge on any atom is -0.318 e. The molecule has 92 valence electrons. The Balaban J connectivity index is 2.18. The van der Waals surface area contributed by atoms with Crippen LogP contribution in [0.3, 0.4) is 0 Å². The molecular formula is C11H15N3O3. The molecule has 0 aromatic heterocycles. The fourth-order valence-corrected chi connectivity index (χ4v) is 1.84. The van der Waals surface area contributed by atoms with Gasteiger partial charge < -0.3 is 10.2 Å². The molecule has 0 radical (unpaired) electrons. The first-order valence-corrected chi connectivity index (χ1v) is 5.54. The van der Waals surface area contributed by atoms with E-state index in [1.807, 2.05) is 0 Å². The van der Waals surface area contributed by atoms with Gasteiger partial charge in [0.2, 0.25) is 11.8 Å². The highest BCUT2D eigenvalue weighted by molar-refractivity contribution is 6.06. The van der Waals surface area contributed by atoms with Crippen LogP contribution in [-0.4, -0.2) is 48.3 Å². The van der Waals surface area contributed by atoms with Crippen LogP contribution in [0.2, 0.25) is 0 Å². The highest BCUT2D eigenvalue weighted by atomic mass is 16.2. The Morgan fingerprint density at radius 2 is 2.00 bits per heavy atom. The van der Waals surface area contributed by atoms with Crippen molar-refractivity contribution in [1.82, 2.24) is 15.5 Å². The second-order valence-electron chi connectivity index (χ2n) is 4.35. The Morgan fingerprint density at radius 1 is 1.35 bits per heavy atom. The van der Waals surface area contributed by atoms with E-state index in [1.165, 1.54) is 4.90 Å². The van der Waals surface area contributed by atoms with Gasteiger partial charge in [-0.15, -0.1) is 0 Å². The number of hydrogen-bond donors (Lipinski definition) is 2. The second-order valence-corrected chi connectivity index (χ2v) is 4.35. The van der Waals surface area contributed by atoms with Crippen LogP contribution in [0.1, 0.15) is 13.8 Å². The summed E-state index contributed by atoms with van der Waals surface area (Å²) < 4.78 is 0. The molecule has 1 atom stereocenters. The van der Waals surface area contributed by atoms with E-state index in [1.54, 1.807) is 13.8 Å². The van der Waals surface area contributed by atoms with Crippen LogP contribution in [0.25, 0.3) is 0 Å². The molecule has 2 aliphatic rings. The summed E-state index contributed by atoms with van der Waals surface area (Å²) >= 11 is 0. The summed E-state index contributed by atoms with van der Waals surface area (Å²) in [4.78, 5) is 36.2. The Morgan fingerprint density at radius 3 is 2.53 bits per heavy atom. The summed E-state index contributed by atoms with van der Waals surface area (Å²) in [6.07, 6.45) is 0. The van der Waals surface area contributed by atoms with Crippen molar-refractivity contribution in [1.29, 1.82) is 0 Å². The molecule has 2 aliphatic heterocycles. The summed E-state index contributed by atoms with van der Waals surface area (Å²) in [6, 6.07) is -0.594. The fraction of sp³-hybridized carbons (Fsp3) is 0.545. The van der Waals surface area contributed by atoms with Crippen LogP contribution in [0.15, 0.2) is 11.1 Å². The molecule has 3 amide bonds. The van der Waals surface area contributed by atoms with Crippen molar-refractivity contribution in [3.63, 3.8) is 0 Å². The lowest BCUT2D eigenvalue weighted by Crippen LogP contribution is -2.59. The van der Waals surface area contributed by atoms with E-state index in [0.717, 1.165) is 5.57 Å². The summed E-state index contributed by atoms with van der Waals surface area (Å²) in [5.41, 5.74) is 1.68. The zero-order valence-electron chi connectivity index (χ0n) is 9.87. The Kier molecular flexibility index (Phi) is 2.97. The standard InChI is InChI=1S/C11H15N3O3/c1-6(8-3-12-4-8)11(17)14-5-9(15)13-10(16)7(14)2/h7,12H,3-5H2,1-2H3,(H,13,15,16). The fourth-order valence-electron chi connectivity index (χ4n) is 1.84. The van der Waals surface area contributed by atoms with Crippen LogP contribution >= 0.6 is 0 Å². The molecule has 0 saturated carbocycles. The summed E-state index contributed by atoms with van der Waals surface area (Å²) in [5, 5.41) is 5.26. The first-order valence-electron chi connectivity index (χ1n) is 5.54. The third-order valence-electron chi connectivity index (χ3n) is 3.21. The maximum absolute atomic E-state index is 12.1. The topological polar surface area (TPSA) is 78.5 Å². The Bertz CT molecular complexity index is 422. The Hall–Kier alpha value is -1.69. The number of nitrogens with zero attached hydrogens (tertiary/aromatic N) is 1. The third kappa shape index (κ3) is 2.08. The maximum atomic E-state index is 12.1. The van der Waals surface area contributed by atoms with E-state index in [4.69, 9.17) is 0 Å². The lowest BCUT2D eigenvalue weighted by atomic mass is 10.0. The highest BCUT2D eigenvalue weighted by Gasteiger charge is 2.34. The third-order valence-corrected chi connectivity index (χ3v) is 3.21. The molecule has 0 aromatic carbocycles. The molecule has 2 fully saturated rings. The van der Waals surface area contributed by atoms with E-state index in [2.05, 4.69) is 10.6 Å². The molecule has 6 nitrogen and oxygen atoms in total. The van der Waals surface area contributed by atoms with Crippen LogP contribution in [0.5, 0.6) is 0 Å². The molecule has 6 heteroatoms. The molecule has 2 N–H and O–H groups in total. The zero-order valence-corrected chi connectivity index (χ0v) is 9.87. The number of amides is 3. The van der Waals surface area contributed by atoms with Crippen LogP contribution < -0.4 is 10.6 Å². The van der Waals surface area contributed by atoms with Gasteiger partial charge in [-0.1, -0.05) is 0 Å². The second kappa shape index (κ2) is 4.29. The minimum absolute atomic E-state index is 0.0518. The molecule has 0 spiro atoms. The van der Waals surface area contributed by atoms with E-state index in [0.29, 0.717) is 18.7 Å². The van der Waals surface area contributed by atoms with E-state index < -0.39 is 17.9 Å². The Labute approximate surface area is 99.0 Å². The zero-order chi connectivity index (χ0) is 12.6. The van der Waals surface area contributed by atoms with Gasteiger partial charge in [0, 0.05) is 18.7 Å². The van der Waals surface area contributed by atoms with Crippen LogP contribution in [0.4, 0.5) is 0 Å². The number of rotatable bonds is 1. The summed E-state index contributed by atoms with van der Waals surface area (Å²) in [5.74, 6) is -1.07. The quantitative estimate of drug-likeness (QED) is 0.442. The van der Waals surface area contributed by atoms with Gasteiger partial charge in [-0.05, 0) is 19.4 Å². The number of hydrogen-bond acceptors (Lipinski definition) is 4. The van der Waals surface area contributed by atoms with Gasteiger partial charge in [-0.2, -0.15) is 0 Å². The number of carbonyl (C=O) groups excluding carboxylic acids is 3. The van der Waals surface area contributed by atoms with Gasteiger partial charge in [0.05, 0.1) is 0 Å². The number of nitrogens with one attached hydrogen (secondary N) is 2. The van der Waals surface area contributed by atoms with Crippen molar-refractivity contribution in [3.05, 3.63) is 11.1 Å². The van der Waals surface area contributed by atoms with Gasteiger partial charge in [0.15, 0.2) is 0 Å². The molecule has 2 heterocycles. The summed E-state index contributed by atoms with van der Waals surface area (Å²) in [7, 11) is 0. The minimum atomic E-state index is -0.594. The number of imide groups is 1. The monoisotopic (exact) mass is 237 g/mol. The number of piperazine rings is 1. The molecule has 0 bridgehead atoms. The maximum Gasteiger partial charge on any atom is 0.250 e. The van der Waals surface area contributed by atoms with Gasteiger partial charge in [0.1, 0.15) is 12.6 Å². The highest BCUT2D eigenvalue weighted by Crippen LogP contribution is 2.15. The van der Waals surface area contributed by atoms with E-state index >= 15 is 0 Å². The molecule has 17 heavy (non-hydrogen) atoms. The number of carbonyl (C=O) groups is 3. The lowest BCUT2D eigenvalue weighted by molar-refractivity contribution is -0.147. The lowest BCUT2D eigenvalue weighted by Gasteiger charge is -2.33. The van der Waals surface area contributed by atoms with Gasteiger partial charge in [0.25, 0.3) is 5.91 Å². The van der Waals surface area contributed by atoms with E-state index in [-0.39, 0.29) is 12.5 Å².